The van der Waals surface area contributed by atoms with Gasteiger partial charge in [-0.15, -0.1) is 22.7 Å². The summed E-state index contributed by atoms with van der Waals surface area (Å²) in [6.45, 7) is 3.80. The van der Waals surface area contributed by atoms with Crippen LogP contribution in [0.5, 0.6) is 0 Å². The van der Waals surface area contributed by atoms with Crippen molar-refractivity contribution in [3.63, 3.8) is 0 Å². The number of hydrogen-bond acceptors (Lipinski definition) is 6. The molecule has 1 aliphatic heterocycles. The van der Waals surface area contributed by atoms with Crippen molar-refractivity contribution >= 4 is 38.4 Å². The quantitative estimate of drug-likeness (QED) is 0.441. The number of fused-ring (bicyclic) bond motifs is 1. The molecular weight excluding hydrogens is 416 g/mol. The van der Waals surface area contributed by atoms with Crippen LogP contribution in [0.2, 0.25) is 0 Å². The normalized spacial score (nSPS) is 17.4. The Bertz CT molecular complexity index is 1150. The number of nitro groups is 1. The molecule has 28 heavy (non-hydrogen) atoms. The summed E-state index contributed by atoms with van der Waals surface area (Å²) in [5, 5.41) is 15.5. The van der Waals surface area contributed by atoms with Crippen molar-refractivity contribution in [1.29, 1.82) is 0 Å². The number of aryl methyl sites for hydroxylation is 2. The van der Waals surface area contributed by atoms with E-state index in [4.69, 9.17) is 0 Å². The Morgan fingerprint density at radius 1 is 1.14 bits per heavy atom. The third-order valence-electron chi connectivity index (χ3n) is 5.09. The average molecular weight is 435 g/mol. The van der Waals surface area contributed by atoms with E-state index in [2.05, 4.69) is 0 Å². The molecule has 0 radical (unpaired) electrons. The largest absolute Gasteiger partial charge is 0.289 e. The van der Waals surface area contributed by atoms with E-state index >= 15 is 0 Å². The van der Waals surface area contributed by atoms with Crippen molar-refractivity contribution in [3.8, 4) is 0 Å². The molecular formula is C19H18N2O4S3. The molecule has 3 aromatic rings. The van der Waals surface area contributed by atoms with Gasteiger partial charge in [0.1, 0.15) is 0 Å². The SMILES string of the molecule is Cc1cc([N+](=O)[O-])c(S(=O)(=O)N2CCc3sccc3[C@@H]2c2cccs2)cc1C. The maximum Gasteiger partial charge on any atom is 0.289 e. The van der Waals surface area contributed by atoms with E-state index in [-0.39, 0.29) is 10.6 Å². The van der Waals surface area contributed by atoms with Crippen molar-refractivity contribution in [3.05, 3.63) is 77.7 Å². The molecule has 2 aromatic heterocycles. The average Bonchev–Trinajstić information content (AvgIpc) is 3.33. The molecule has 0 fully saturated rings. The lowest BCUT2D eigenvalue weighted by atomic mass is 10.0. The van der Waals surface area contributed by atoms with E-state index in [9.17, 15) is 18.5 Å². The molecule has 0 N–H and O–H groups in total. The Morgan fingerprint density at radius 3 is 2.57 bits per heavy atom. The van der Waals surface area contributed by atoms with E-state index < -0.39 is 21.0 Å². The van der Waals surface area contributed by atoms with Gasteiger partial charge in [0.2, 0.25) is 0 Å². The maximum atomic E-state index is 13.6. The standard InChI is InChI=1S/C19H18N2O4S3/c1-12-10-15(21(22)23)18(11-13(12)2)28(24,25)20-7-5-16-14(6-9-27-16)19(20)17-4-3-8-26-17/h3-4,6,8-11,19H,5,7H2,1-2H3/t19-/m1/s1. The number of rotatable bonds is 4. The highest BCUT2D eigenvalue weighted by molar-refractivity contribution is 7.89. The topological polar surface area (TPSA) is 80.5 Å². The number of benzene rings is 1. The molecule has 0 saturated carbocycles. The summed E-state index contributed by atoms with van der Waals surface area (Å²) in [5.41, 5.74) is 2.00. The van der Waals surface area contributed by atoms with Crippen LogP contribution in [0, 0.1) is 24.0 Å². The number of nitro benzene ring substituents is 1. The fourth-order valence-corrected chi connectivity index (χ4v) is 7.18. The molecule has 1 aromatic carbocycles. The van der Waals surface area contributed by atoms with Crippen LogP contribution in [0.1, 0.15) is 32.5 Å². The minimum Gasteiger partial charge on any atom is -0.258 e. The molecule has 3 heterocycles. The fourth-order valence-electron chi connectivity index (χ4n) is 3.54. The number of thiophene rings is 2. The van der Waals surface area contributed by atoms with Crippen LogP contribution in [0.25, 0.3) is 0 Å². The summed E-state index contributed by atoms with van der Waals surface area (Å²) in [6.07, 6.45) is 0.604. The first-order valence-electron chi connectivity index (χ1n) is 8.68. The van der Waals surface area contributed by atoms with Crippen LogP contribution in [0.3, 0.4) is 0 Å². The molecule has 0 bridgehead atoms. The van der Waals surface area contributed by atoms with Crippen molar-refractivity contribution in [1.82, 2.24) is 4.31 Å². The van der Waals surface area contributed by atoms with Crippen LogP contribution in [0.15, 0.2) is 46.0 Å². The van der Waals surface area contributed by atoms with E-state index in [0.29, 0.717) is 24.1 Å². The molecule has 1 aliphatic rings. The number of sulfonamides is 1. The third-order valence-corrected chi connectivity index (χ3v) is 8.91. The second-order valence-corrected chi connectivity index (χ2v) is 10.6. The van der Waals surface area contributed by atoms with Gasteiger partial charge < -0.3 is 0 Å². The molecule has 0 unspecified atom stereocenters. The van der Waals surface area contributed by atoms with Gasteiger partial charge in [0.25, 0.3) is 15.7 Å². The third kappa shape index (κ3) is 3.08. The molecule has 0 aliphatic carbocycles. The Morgan fingerprint density at radius 2 is 1.89 bits per heavy atom. The van der Waals surface area contributed by atoms with E-state index in [1.54, 1.807) is 25.2 Å². The molecule has 4 rings (SSSR count). The van der Waals surface area contributed by atoms with Gasteiger partial charge in [-0.2, -0.15) is 4.31 Å². The van der Waals surface area contributed by atoms with Gasteiger partial charge >= 0.3 is 0 Å². The highest BCUT2D eigenvalue weighted by Crippen LogP contribution is 2.43. The first-order chi connectivity index (χ1) is 13.3. The predicted octanol–water partition coefficient (Wildman–Crippen LogP) is 4.67. The van der Waals surface area contributed by atoms with Gasteiger partial charge in [-0.25, -0.2) is 8.42 Å². The van der Waals surface area contributed by atoms with E-state index in [1.807, 2.05) is 29.0 Å². The lowest BCUT2D eigenvalue weighted by Gasteiger charge is -2.34. The summed E-state index contributed by atoms with van der Waals surface area (Å²) >= 11 is 3.11. The van der Waals surface area contributed by atoms with E-state index in [1.165, 1.54) is 32.7 Å². The van der Waals surface area contributed by atoms with Crippen molar-refractivity contribution in [2.45, 2.75) is 31.2 Å². The monoisotopic (exact) mass is 434 g/mol. The first kappa shape index (κ1) is 19.3. The Balaban J connectivity index is 1.90. The zero-order valence-electron chi connectivity index (χ0n) is 15.3. The minimum absolute atomic E-state index is 0.235. The molecule has 1 atom stereocenters. The van der Waals surface area contributed by atoms with Crippen LogP contribution < -0.4 is 0 Å². The molecule has 0 amide bonds. The van der Waals surface area contributed by atoms with E-state index in [0.717, 1.165) is 10.4 Å². The van der Waals surface area contributed by atoms with Gasteiger partial charge in [-0.3, -0.25) is 10.1 Å². The van der Waals surface area contributed by atoms with Gasteiger partial charge in [0.15, 0.2) is 4.90 Å². The van der Waals surface area contributed by atoms with Crippen LogP contribution >= 0.6 is 22.7 Å². The fraction of sp³-hybridized carbons (Fsp3) is 0.263. The molecule has 0 spiro atoms. The Kier molecular flexibility index (Phi) is 4.86. The predicted molar refractivity (Wildman–Crippen MR) is 111 cm³/mol. The second kappa shape index (κ2) is 7.07. The Hall–Kier alpha value is -2.07. The van der Waals surface area contributed by atoms with Gasteiger partial charge in [-0.05, 0) is 65.9 Å². The summed E-state index contributed by atoms with van der Waals surface area (Å²) in [4.78, 5) is 12.8. The lowest BCUT2D eigenvalue weighted by molar-refractivity contribution is -0.387. The molecule has 6 nitrogen and oxygen atoms in total. The van der Waals surface area contributed by atoms with Crippen molar-refractivity contribution in [2.75, 3.05) is 6.54 Å². The van der Waals surface area contributed by atoms with Crippen LogP contribution in [0.4, 0.5) is 5.69 Å². The summed E-state index contributed by atoms with van der Waals surface area (Å²) < 4.78 is 28.7. The number of nitrogens with zero attached hydrogens (tertiary/aromatic N) is 2. The highest BCUT2D eigenvalue weighted by atomic mass is 32.2. The van der Waals surface area contributed by atoms with Crippen LogP contribution in [-0.4, -0.2) is 24.2 Å². The minimum atomic E-state index is -4.07. The van der Waals surface area contributed by atoms with Gasteiger partial charge in [0, 0.05) is 22.4 Å². The zero-order chi connectivity index (χ0) is 20.1. The zero-order valence-corrected chi connectivity index (χ0v) is 17.7. The summed E-state index contributed by atoms with van der Waals surface area (Å²) in [6, 6.07) is 8.09. The van der Waals surface area contributed by atoms with Crippen LogP contribution in [-0.2, 0) is 16.4 Å². The van der Waals surface area contributed by atoms with Crippen molar-refractivity contribution < 1.29 is 13.3 Å². The lowest BCUT2D eigenvalue weighted by Crippen LogP contribution is -2.40. The molecule has 0 saturated heterocycles. The van der Waals surface area contributed by atoms with Crippen molar-refractivity contribution in [2.24, 2.45) is 0 Å². The summed E-state index contributed by atoms with van der Waals surface area (Å²) in [7, 11) is -4.07. The highest BCUT2D eigenvalue weighted by Gasteiger charge is 2.41. The molecule has 9 heteroatoms. The second-order valence-electron chi connectivity index (χ2n) is 6.74. The summed E-state index contributed by atoms with van der Waals surface area (Å²) in [5.74, 6) is 0. The van der Waals surface area contributed by atoms with Gasteiger partial charge in [0.05, 0.1) is 11.0 Å². The molecule has 146 valence electrons. The maximum absolute atomic E-state index is 13.6. The Labute approximate surface area is 171 Å². The number of hydrogen-bond donors (Lipinski definition) is 0. The van der Waals surface area contributed by atoms with Gasteiger partial charge in [-0.1, -0.05) is 6.07 Å². The first-order valence-corrected chi connectivity index (χ1v) is 11.9. The smallest absolute Gasteiger partial charge is 0.258 e.